The van der Waals surface area contributed by atoms with E-state index in [1.54, 1.807) is 22.6 Å². The summed E-state index contributed by atoms with van der Waals surface area (Å²) in [4.78, 5) is 15.3. The van der Waals surface area contributed by atoms with Crippen LogP contribution >= 0.6 is 0 Å². The molecule has 1 aliphatic carbocycles. The molecule has 1 aromatic carbocycles. The Balaban J connectivity index is 1.52. The van der Waals surface area contributed by atoms with Crippen LogP contribution in [0.4, 0.5) is 13.6 Å². The van der Waals surface area contributed by atoms with Crippen LogP contribution in [-0.4, -0.2) is 50.5 Å². The number of likely N-dealkylation sites (tertiary alicyclic amines) is 1. The van der Waals surface area contributed by atoms with Crippen LogP contribution in [-0.2, 0) is 18.3 Å². The van der Waals surface area contributed by atoms with Crippen molar-refractivity contribution < 1.29 is 23.0 Å². The van der Waals surface area contributed by atoms with Gasteiger partial charge >= 0.3 is 6.09 Å². The van der Waals surface area contributed by atoms with E-state index in [-0.39, 0.29) is 24.3 Å². The van der Waals surface area contributed by atoms with E-state index < -0.39 is 17.6 Å². The van der Waals surface area contributed by atoms with Gasteiger partial charge in [0.2, 0.25) is 5.92 Å². The molecule has 1 aliphatic heterocycles. The second-order valence-corrected chi connectivity index (χ2v) is 11.9. The number of nitrogens with zero attached hydrogens (tertiary/aromatic N) is 4. The van der Waals surface area contributed by atoms with Gasteiger partial charge in [-0.3, -0.25) is 14.1 Å². The van der Waals surface area contributed by atoms with E-state index in [9.17, 15) is 13.6 Å². The zero-order valence-electron chi connectivity index (χ0n) is 22.5. The second-order valence-electron chi connectivity index (χ2n) is 11.9. The molecule has 0 radical (unpaired) electrons. The summed E-state index contributed by atoms with van der Waals surface area (Å²) in [5.74, 6) is -1.81. The van der Waals surface area contributed by atoms with Crippen molar-refractivity contribution in [3.05, 3.63) is 47.4 Å². The number of benzene rings is 1. The zero-order chi connectivity index (χ0) is 26.8. The standard InChI is InChI=1S/C28H36F2N4O3/c1-18-11-23(36-6)21(20-7-9-34(24(18)20)25(35)37-26(2,3)4)15-33-10-8-27(16-28(29,30)17-27)12-22(33)19-13-31-32(5)14-19/h7,9,11,13-14,22H,8,10,12,15-17H2,1-6H3/t22-/m1/s1. The van der Waals surface area contributed by atoms with Crippen molar-refractivity contribution >= 4 is 17.0 Å². The van der Waals surface area contributed by atoms with Crippen LogP contribution in [0.2, 0.25) is 0 Å². The molecule has 0 N–H and O–H groups in total. The summed E-state index contributed by atoms with van der Waals surface area (Å²) in [6.07, 6.45) is 6.46. The molecule has 2 aliphatic rings. The second kappa shape index (κ2) is 8.82. The van der Waals surface area contributed by atoms with Crippen molar-refractivity contribution in [1.29, 1.82) is 0 Å². The Kier molecular flexibility index (Phi) is 6.13. The van der Waals surface area contributed by atoms with Crippen molar-refractivity contribution in [3.8, 4) is 5.75 Å². The van der Waals surface area contributed by atoms with Gasteiger partial charge in [-0.15, -0.1) is 0 Å². The maximum Gasteiger partial charge on any atom is 0.419 e. The van der Waals surface area contributed by atoms with E-state index in [0.29, 0.717) is 19.5 Å². The number of methoxy groups -OCH3 is 1. The summed E-state index contributed by atoms with van der Waals surface area (Å²) in [5.41, 5.74) is 2.75. The molecule has 1 atom stereocenters. The van der Waals surface area contributed by atoms with E-state index in [1.807, 2.05) is 59.3 Å². The van der Waals surface area contributed by atoms with Crippen molar-refractivity contribution in [1.82, 2.24) is 19.2 Å². The maximum atomic E-state index is 13.9. The quantitative estimate of drug-likeness (QED) is 0.413. The summed E-state index contributed by atoms with van der Waals surface area (Å²) in [7, 11) is 3.52. The number of rotatable bonds is 4. The Bertz CT molecular complexity index is 1330. The fraction of sp³-hybridized carbons (Fsp3) is 0.571. The lowest BCUT2D eigenvalue weighted by Crippen LogP contribution is -2.53. The molecule has 5 rings (SSSR count). The van der Waals surface area contributed by atoms with Crippen LogP contribution in [0.5, 0.6) is 5.75 Å². The van der Waals surface area contributed by atoms with Gasteiger partial charge in [0, 0.05) is 61.4 Å². The first kappa shape index (κ1) is 25.7. The van der Waals surface area contributed by atoms with Gasteiger partial charge in [0.25, 0.3) is 0 Å². The number of ether oxygens (including phenoxy) is 2. The third-order valence-electron chi connectivity index (χ3n) is 7.77. The lowest BCUT2D eigenvalue weighted by atomic mass is 9.59. The molecule has 9 heteroatoms. The monoisotopic (exact) mass is 514 g/mol. The molecule has 1 spiro atoms. The van der Waals surface area contributed by atoms with Gasteiger partial charge in [-0.05, 0) is 70.2 Å². The Labute approximate surface area is 216 Å². The summed E-state index contributed by atoms with van der Waals surface area (Å²) in [6.45, 7) is 8.74. The number of carbonyl (C=O) groups excluding carboxylic acids is 1. The Hall–Kier alpha value is -2.94. The number of alkyl halides is 2. The smallest absolute Gasteiger partial charge is 0.419 e. The van der Waals surface area contributed by atoms with E-state index in [2.05, 4.69) is 10.00 Å². The molecule has 200 valence electrons. The average Bonchev–Trinajstić information content (AvgIpc) is 3.41. The van der Waals surface area contributed by atoms with E-state index >= 15 is 0 Å². The number of carbonyl (C=O) groups is 1. The largest absolute Gasteiger partial charge is 0.496 e. The first-order chi connectivity index (χ1) is 17.3. The molecule has 2 fully saturated rings. The van der Waals surface area contributed by atoms with Gasteiger partial charge < -0.3 is 9.47 Å². The van der Waals surface area contributed by atoms with Gasteiger partial charge in [0.15, 0.2) is 0 Å². The minimum Gasteiger partial charge on any atom is -0.496 e. The van der Waals surface area contributed by atoms with Crippen molar-refractivity contribution in [3.63, 3.8) is 0 Å². The molecule has 0 unspecified atom stereocenters. The molecule has 7 nitrogen and oxygen atoms in total. The maximum absolute atomic E-state index is 13.9. The highest BCUT2D eigenvalue weighted by molar-refractivity contribution is 5.95. The summed E-state index contributed by atoms with van der Waals surface area (Å²) >= 11 is 0. The predicted octanol–water partition coefficient (Wildman–Crippen LogP) is 6.23. The highest BCUT2D eigenvalue weighted by atomic mass is 19.3. The van der Waals surface area contributed by atoms with Gasteiger partial charge in [0.05, 0.1) is 18.8 Å². The van der Waals surface area contributed by atoms with Gasteiger partial charge in [0.1, 0.15) is 11.4 Å². The molecule has 3 aromatic rings. The van der Waals surface area contributed by atoms with Crippen LogP contribution in [0, 0.1) is 12.3 Å². The number of piperidine rings is 1. The van der Waals surface area contributed by atoms with Crippen LogP contribution in [0.3, 0.4) is 0 Å². The average molecular weight is 515 g/mol. The molecule has 1 saturated heterocycles. The Morgan fingerprint density at radius 3 is 2.59 bits per heavy atom. The van der Waals surface area contributed by atoms with Crippen molar-refractivity contribution in [2.45, 2.75) is 77.5 Å². The van der Waals surface area contributed by atoms with Crippen LogP contribution in [0.1, 0.15) is 69.2 Å². The molecule has 0 amide bonds. The minimum atomic E-state index is -2.56. The molecular weight excluding hydrogens is 478 g/mol. The van der Waals surface area contributed by atoms with Crippen molar-refractivity contribution in [2.75, 3.05) is 13.7 Å². The highest BCUT2D eigenvalue weighted by Crippen LogP contribution is 2.60. The van der Waals surface area contributed by atoms with Crippen LogP contribution in [0.15, 0.2) is 30.7 Å². The summed E-state index contributed by atoms with van der Waals surface area (Å²) < 4.78 is 42.6. The fourth-order valence-corrected chi connectivity index (χ4v) is 6.25. The lowest BCUT2D eigenvalue weighted by molar-refractivity contribution is -0.186. The molecule has 0 bridgehead atoms. The molecule has 1 saturated carbocycles. The van der Waals surface area contributed by atoms with E-state index in [1.165, 1.54) is 0 Å². The molecular formula is C28H36F2N4O3. The zero-order valence-corrected chi connectivity index (χ0v) is 22.5. The number of aryl methyl sites for hydroxylation is 2. The molecule has 2 aromatic heterocycles. The van der Waals surface area contributed by atoms with Gasteiger partial charge in [-0.2, -0.15) is 5.10 Å². The first-order valence-electron chi connectivity index (χ1n) is 12.8. The van der Waals surface area contributed by atoms with E-state index in [0.717, 1.165) is 39.8 Å². The van der Waals surface area contributed by atoms with Crippen molar-refractivity contribution in [2.24, 2.45) is 12.5 Å². The minimum absolute atomic E-state index is 0.0347. The number of fused-ring (bicyclic) bond motifs is 1. The van der Waals surface area contributed by atoms with Crippen LogP contribution in [0.25, 0.3) is 10.9 Å². The third-order valence-corrected chi connectivity index (χ3v) is 7.77. The normalized spacial score (nSPS) is 21.2. The SMILES string of the molecule is COc1cc(C)c2c(ccn2C(=O)OC(C)(C)C)c1CN1CCC2(C[C@@H]1c1cnn(C)c1)CC(F)(F)C2. The number of halogens is 2. The Morgan fingerprint density at radius 1 is 1.27 bits per heavy atom. The highest BCUT2D eigenvalue weighted by Gasteiger charge is 2.58. The fourth-order valence-electron chi connectivity index (χ4n) is 6.25. The third kappa shape index (κ3) is 4.85. The Morgan fingerprint density at radius 2 is 2.00 bits per heavy atom. The van der Waals surface area contributed by atoms with Crippen LogP contribution < -0.4 is 4.74 Å². The van der Waals surface area contributed by atoms with Gasteiger partial charge in [-0.1, -0.05) is 0 Å². The molecule has 3 heterocycles. The topological polar surface area (TPSA) is 61.5 Å². The summed E-state index contributed by atoms with van der Waals surface area (Å²) in [5, 5.41) is 5.28. The van der Waals surface area contributed by atoms with E-state index in [4.69, 9.17) is 9.47 Å². The molecule has 37 heavy (non-hydrogen) atoms. The van der Waals surface area contributed by atoms with Gasteiger partial charge in [-0.25, -0.2) is 13.6 Å². The first-order valence-corrected chi connectivity index (χ1v) is 12.8. The lowest BCUT2D eigenvalue weighted by Gasteiger charge is -2.54. The number of hydrogen-bond donors (Lipinski definition) is 0. The number of aromatic nitrogens is 3. The predicted molar refractivity (Wildman–Crippen MR) is 137 cm³/mol. The number of hydrogen-bond acceptors (Lipinski definition) is 5. The summed E-state index contributed by atoms with van der Waals surface area (Å²) in [6, 6.07) is 3.85.